The molecule has 26 heavy (non-hydrogen) atoms. The molecular weight excluding hydrogens is 332 g/mol. The highest BCUT2D eigenvalue weighted by molar-refractivity contribution is 5.88. The standard InChI is InChI=1S/C21H28O5/c1-5-7-10-15(20(23)24-6-2)11-8-13-17-19-16(22)12-9-14-18(19)26-21(3,4)25-17/h5,9,11-12,14,17,22H,1,6-8,10,13H2,2-4H3/b15-11+. The highest BCUT2D eigenvalue weighted by atomic mass is 16.7. The van der Waals surface area contributed by atoms with Crippen LogP contribution < -0.4 is 4.74 Å². The monoisotopic (exact) mass is 360 g/mol. The summed E-state index contributed by atoms with van der Waals surface area (Å²) in [5, 5.41) is 10.2. The molecule has 5 nitrogen and oxygen atoms in total. The number of esters is 1. The first-order valence-corrected chi connectivity index (χ1v) is 9.03. The Morgan fingerprint density at radius 2 is 2.15 bits per heavy atom. The summed E-state index contributed by atoms with van der Waals surface area (Å²) in [6.45, 7) is 9.53. The fourth-order valence-corrected chi connectivity index (χ4v) is 3.02. The van der Waals surface area contributed by atoms with Crippen LogP contribution in [0.3, 0.4) is 0 Å². The summed E-state index contributed by atoms with van der Waals surface area (Å²) in [6.07, 6.45) is 5.93. The van der Waals surface area contributed by atoms with E-state index < -0.39 is 5.79 Å². The lowest BCUT2D eigenvalue weighted by atomic mass is 9.99. The number of ether oxygens (including phenoxy) is 3. The van der Waals surface area contributed by atoms with Gasteiger partial charge in [-0.2, -0.15) is 0 Å². The Bertz CT molecular complexity index is 675. The lowest BCUT2D eigenvalue weighted by molar-refractivity contribution is -0.208. The smallest absolute Gasteiger partial charge is 0.333 e. The van der Waals surface area contributed by atoms with E-state index in [1.165, 1.54) is 0 Å². The van der Waals surface area contributed by atoms with Crippen molar-refractivity contribution >= 4 is 5.97 Å². The van der Waals surface area contributed by atoms with Crippen molar-refractivity contribution in [2.75, 3.05) is 6.61 Å². The Morgan fingerprint density at radius 3 is 2.85 bits per heavy atom. The number of phenols is 1. The Balaban J connectivity index is 2.14. The number of fused-ring (bicyclic) bond motifs is 1. The number of allylic oxidation sites excluding steroid dienone is 2. The van der Waals surface area contributed by atoms with Gasteiger partial charge in [0, 0.05) is 19.4 Å². The second-order valence-electron chi connectivity index (χ2n) is 6.65. The maximum absolute atomic E-state index is 12.1. The van der Waals surface area contributed by atoms with Crippen LogP contribution >= 0.6 is 0 Å². The molecule has 2 rings (SSSR count). The van der Waals surface area contributed by atoms with Crippen LogP contribution in [-0.4, -0.2) is 23.5 Å². The van der Waals surface area contributed by atoms with Crippen LogP contribution in [0, 0.1) is 0 Å². The van der Waals surface area contributed by atoms with Crippen LogP contribution in [0.25, 0.3) is 0 Å². The van der Waals surface area contributed by atoms with Crippen LogP contribution in [0.5, 0.6) is 11.5 Å². The SMILES string of the molecule is C=CCC/C(=C\CCC1OC(C)(C)Oc2cccc(O)c21)C(=O)OCC. The number of carbonyl (C=O) groups is 1. The minimum Gasteiger partial charge on any atom is -0.507 e. The van der Waals surface area contributed by atoms with Gasteiger partial charge in [0.1, 0.15) is 11.5 Å². The number of aromatic hydroxyl groups is 1. The number of carbonyl (C=O) groups excluding carboxylic acids is 1. The van der Waals surface area contributed by atoms with Crippen molar-refractivity contribution in [3.63, 3.8) is 0 Å². The predicted molar refractivity (Wildman–Crippen MR) is 100 cm³/mol. The molecule has 0 saturated carbocycles. The first kappa shape index (κ1) is 20.0. The van der Waals surface area contributed by atoms with Gasteiger partial charge in [0.2, 0.25) is 5.79 Å². The van der Waals surface area contributed by atoms with Crippen molar-refractivity contribution in [3.05, 3.63) is 48.1 Å². The lowest BCUT2D eigenvalue weighted by Gasteiger charge is -2.38. The van der Waals surface area contributed by atoms with Crippen molar-refractivity contribution in [3.8, 4) is 11.5 Å². The molecule has 0 spiro atoms. The third-order valence-electron chi connectivity index (χ3n) is 4.12. The molecular formula is C21H28O5. The fourth-order valence-electron chi connectivity index (χ4n) is 3.02. The topological polar surface area (TPSA) is 65.0 Å². The number of rotatable bonds is 8. The van der Waals surface area contributed by atoms with Crippen LogP contribution in [-0.2, 0) is 14.3 Å². The summed E-state index contributed by atoms with van der Waals surface area (Å²) >= 11 is 0. The van der Waals surface area contributed by atoms with Crippen molar-refractivity contribution in [2.45, 2.75) is 58.3 Å². The molecule has 1 aliphatic heterocycles. The highest BCUT2D eigenvalue weighted by Crippen LogP contribution is 2.45. The van der Waals surface area contributed by atoms with Gasteiger partial charge < -0.3 is 19.3 Å². The molecule has 0 aromatic heterocycles. The zero-order valence-corrected chi connectivity index (χ0v) is 15.8. The molecule has 1 unspecified atom stereocenters. The molecule has 0 saturated heterocycles. The van der Waals surface area contributed by atoms with E-state index in [2.05, 4.69) is 6.58 Å². The van der Waals surface area contributed by atoms with E-state index in [1.807, 2.05) is 26.0 Å². The zero-order chi connectivity index (χ0) is 19.2. The molecule has 5 heteroatoms. The maximum atomic E-state index is 12.1. The molecule has 1 aromatic carbocycles. The molecule has 1 N–H and O–H groups in total. The quantitative estimate of drug-likeness (QED) is 0.409. The van der Waals surface area contributed by atoms with Gasteiger partial charge in [-0.3, -0.25) is 0 Å². The van der Waals surface area contributed by atoms with Gasteiger partial charge in [-0.15, -0.1) is 6.58 Å². The van der Waals surface area contributed by atoms with Gasteiger partial charge in [-0.1, -0.05) is 18.2 Å². The molecule has 0 bridgehead atoms. The molecule has 142 valence electrons. The summed E-state index contributed by atoms with van der Waals surface area (Å²) in [5.41, 5.74) is 1.31. The van der Waals surface area contributed by atoms with Crippen molar-refractivity contribution in [2.24, 2.45) is 0 Å². The summed E-state index contributed by atoms with van der Waals surface area (Å²) in [4.78, 5) is 12.1. The van der Waals surface area contributed by atoms with Gasteiger partial charge in [0.25, 0.3) is 0 Å². The van der Waals surface area contributed by atoms with Gasteiger partial charge >= 0.3 is 5.97 Å². The van der Waals surface area contributed by atoms with Gasteiger partial charge in [0.05, 0.1) is 18.3 Å². The summed E-state index contributed by atoms with van der Waals surface area (Å²) in [5.74, 6) is -0.273. The largest absolute Gasteiger partial charge is 0.507 e. The van der Waals surface area contributed by atoms with E-state index in [0.717, 1.165) is 6.42 Å². The van der Waals surface area contributed by atoms with E-state index in [4.69, 9.17) is 14.2 Å². The average molecular weight is 360 g/mol. The number of benzene rings is 1. The Hall–Kier alpha value is -2.27. The molecule has 0 fully saturated rings. The second kappa shape index (κ2) is 8.90. The molecule has 1 atom stereocenters. The van der Waals surface area contributed by atoms with Crippen molar-refractivity contribution < 1.29 is 24.1 Å². The second-order valence-corrected chi connectivity index (χ2v) is 6.65. The van der Waals surface area contributed by atoms with E-state index in [0.29, 0.717) is 42.8 Å². The molecule has 0 amide bonds. The van der Waals surface area contributed by atoms with Gasteiger partial charge in [0.15, 0.2) is 0 Å². The lowest BCUT2D eigenvalue weighted by Crippen LogP contribution is -2.37. The number of hydrogen-bond donors (Lipinski definition) is 1. The van der Waals surface area contributed by atoms with Crippen LogP contribution in [0.2, 0.25) is 0 Å². The Kier molecular flexibility index (Phi) is 6.86. The highest BCUT2D eigenvalue weighted by Gasteiger charge is 2.35. The van der Waals surface area contributed by atoms with E-state index in [1.54, 1.807) is 25.1 Å². The number of phenolic OH excluding ortho intramolecular Hbond substituents is 1. The molecule has 0 radical (unpaired) electrons. The maximum Gasteiger partial charge on any atom is 0.333 e. The third kappa shape index (κ3) is 5.11. The summed E-state index contributed by atoms with van der Waals surface area (Å²) < 4.78 is 16.9. The summed E-state index contributed by atoms with van der Waals surface area (Å²) in [6, 6.07) is 5.21. The van der Waals surface area contributed by atoms with Crippen molar-refractivity contribution in [1.82, 2.24) is 0 Å². The van der Waals surface area contributed by atoms with Gasteiger partial charge in [-0.05, 0) is 44.7 Å². The van der Waals surface area contributed by atoms with Crippen molar-refractivity contribution in [1.29, 1.82) is 0 Å². The van der Waals surface area contributed by atoms with Gasteiger partial charge in [-0.25, -0.2) is 4.79 Å². The van der Waals surface area contributed by atoms with E-state index >= 15 is 0 Å². The summed E-state index contributed by atoms with van der Waals surface area (Å²) in [7, 11) is 0. The van der Waals surface area contributed by atoms with E-state index in [9.17, 15) is 9.90 Å². The minimum atomic E-state index is -0.776. The average Bonchev–Trinajstić information content (AvgIpc) is 2.56. The minimum absolute atomic E-state index is 0.157. The third-order valence-corrected chi connectivity index (χ3v) is 4.12. The normalized spacial score (nSPS) is 18.6. The Morgan fingerprint density at radius 1 is 1.38 bits per heavy atom. The number of hydrogen-bond acceptors (Lipinski definition) is 5. The predicted octanol–water partition coefficient (Wildman–Crippen LogP) is 4.81. The fraction of sp³-hybridized carbons (Fsp3) is 0.476. The van der Waals surface area contributed by atoms with E-state index in [-0.39, 0.29) is 17.8 Å². The zero-order valence-electron chi connectivity index (χ0n) is 15.8. The van der Waals surface area contributed by atoms with Crippen LogP contribution in [0.15, 0.2) is 42.5 Å². The molecule has 1 aliphatic rings. The van der Waals surface area contributed by atoms with Crippen LogP contribution in [0.4, 0.5) is 0 Å². The first-order chi connectivity index (χ1) is 12.4. The molecule has 1 heterocycles. The van der Waals surface area contributed by atoms with Crippen LogP contribution in [0.1, 0.15) is 58.1 Å². The molecule has 0 aliphatic carbocycles. The Labute approximate surface area is 155 Å². The first-order valence-electron chi connectivity index (χ1n) is 9.03. The molecule has 1 aromatic rings.